The molecule has 0 fully saturated rings. The van der Waals surface area contributed by atoms with Crippen LogP contribution < -0.4 is 20.1 Å². The molecule has 0 spiro atoms. The van der Waals surface area contributed by atoms with E-state index in [0.717, 1.165) is 5.56 Å². The molecule has 0 unspecified atom stereocenters. The van der Waals surface area contributed by atoms with Crippen LogP contribution >= 0.6 is 11.3 Å². The lowest BCUT2D eigenvalue weighted by molar-refractivity contribution is -0.123. The predicted octanol–water partition coefficient (Wildman–Crippen LogP) is 3.86. The Morgan fingerprint density at radius 1 is 1.15 bits per heavy atom. The first kappa shape index (κ1) is 20.8. The monoisotopic (exact) mass is 390 g/mol. The highest BCUT2D eigenvalue weighted by Gasteiger charge is 2.23. The molecule has 0 aliphatic carbocycles. The number of ether oxygens (including phenoxy) is 2. The van der Waals surface area contributed by atoms with E-state index in [-0.39, 0.29) is 11.8 Å². The molecule has 0 aliphatic rings. The first-order chi connectivity index (χ1) is 12.7. The van der Waals surface area contributed by atoms with Crippen molar-refractivity contribution in [2.75, 3.05) is 25.6 Å². The summed E-state index contributed by atoms with van der Waals surface area (Å²) in [6.07, 6.45) is 0. The van der Waals surface area contributed by atoms with Crippen molar-refractivity contribution in [3.8, 4) is 11.5 Å². The number of hydrogen-bond donors (Lipinski definition) is 2. The molecule has 27 heavy (non-hydrogen) atoms. The van der Waals surface area contributed by atoms with Gasteiger partial charge in [-0.3, -0.25) is 9.59 Å². The van der Waals surface area contributed by atoms with Crippen molar-refractivity contribution in [2.24, 2.45) is 5.41 Å². The molecule has 0 atom stereocenters. The van der Waals surface area contributed by atoms with Crippen LogP contribution in [0.2, 0.25) is 0 Å². The van der Waals surface area contributed by atoms with Crippen molar-refractivity contribution in [3.05, 3.63) is 40.8 Å². The van der Waals surface area contributed by atoms with Crippen LogP contribution in [0.4, 0.5) is 5.00 Å². The second-order valence-corrected chi connectivity index (χ2v) is 8.13. The van der Waals surface area contributed by atoms with Crippen molar-refractivity contribution in [2.45, 2.75) is 27.7 Å². The number of para-hydroxylation sites is 2. The maximum Gasteiger partial charge on any atom is 0.261 e. The smallest absolute Gasteiger partial charge is 0.261 e. The van der Waals surface area contributed by atoms with Crippen LogP contribution in [0, 0.1) is 12.3 Å². The zero-order valence-electron chi connectivity index (χ0n) is 16.3. The molecule has 1 aromatic carbocycles. The minimum Gasteiger partial charge on any atom is -0.493 e. The van der Waals surface area contributed by atoms with E-state index in [9.17, 15) is 9.59 Å². The van der Waals surface area contributed by atoms with Gasteiger partial charge in [-0.1, -0.05) is 32.9 Å². The largest absolute Gasteiger partial charge is 0.493 e. The molecule has 0 saturated heterocycles. The van der Waals surface area contributed by atoms with Gasteiger partial charge >= 0.3 is 0 Å². The average molecular weight is 391 g/mol. The Morgan fingerprint density at radius 3 is 2.44 bits per heavy atom. The molecular weight excluding hydrogens is 364 g/mol. The Bertz CT molecular complexity index is 809. The molecule has 0 saturated carbocycles. The molecule has 0 radical (unpaired) electrons. The predicted molar refractivity (Wildman–Crippen MR) is 108 cm³/mol. The minimum absolute atomic E-state index is 0.0825. The van der Waals surface area contributed by atoms with Crippen molar-refractivity contribution < 1.29 is 19.1 Å². The summed E-state index contributed by atoms with van der Waals surface area (Å²) >= 11 is 1.27. The zero-order valence-corrected chi connectivity index (χ0v) is 17.2. The first-order valence-corrected chi connectivity index (χ1v) is 9.50. The summed E-state index contributed by atoms with van der Waals surface area (Å²) in [5.41, 5.74) is 0.336. The molecule has 1 aromatic heterocycles. The Kier molecular flexibility index (Phi) is 6.85. The lowest BCUT2D eigenvalue weighted by Crippen LogP contribution is -2.28. The van der Waals surface area contributed by atoms with Gasteiger partial charge < -0.3 is 20.1 Å². The number of nitrogens with one attached hydrogen (secondary N) is 2. The number of benzene rings is 1. The molecular formula is C20H26N2O4S. The summed E-state index contributed by atoms with van der Waals surface area (Å²) in [6.45, 7) is 8.07. The van der Waals surface area contributed by atoms with E-state index in [4.69, 9.17) is 9.47 Å². The normalized spacial score (nSPS) is 11.0. The number of anilines is 1. The van der Waals surface area contributed by atoms with Gasteiger partial charge in [-0.05, 0) is 30.7 Å². The van der Waals surface area contributed by atoms with Crippen LogP contribution in [0.1, 0.15) is 36.0 Å². The Hall–Kier alpha value is -2.54. The van der Waals surface area contributed by atoms with Crippen LogP contribution in [0.25, 0.3) is 0 Å². The maximum absolute atomic E-state index is 12.4. The van der Waals surface area contributed by atoms with Crippen LogP contribution in [0.5, 0.6) is 11.5 Å². The summed E-state index contributed by atoms with van der Waals surface area (Å²) in [5.74, 6) is 1.02. The number of methoxy groups -OCH3 is 1. The van der Waals surface area contributed by atoms with E-state index >= 15 is 0 Å². The molecule has 2 rings (SSSR count). The molecule has 146 valence electrons. The number of hydrogen-bond acceptors (Lipinski definition) is 5. The summed E-state index contributed by atoms with van der Waals surface area (Å²) in [5, 5.41) is 6.37. The molecule has 2 amide bonds. The third-order valence-corrected chi connectivity index (χ3v) is 4.91. The van der Waals surface area contributed by atoms with Gasteiger partial charge in [0.05, 0.1) is 23.5 Å². The zero-order chi connectivity index (χ0) is 20.0. The SMILES string of the molecule is COc1ccccc1OCCNC(=O)c1sc(NC(=O)C(C)(C)C)cc1C. The summed E-state index contributed by atoms with van der Waals surface area (Å²) < 4.78 is 10.9. The molecule has 2 aromatic rings. The fraction of sp³-hybridized carbons (Fsp3) is 0.400. The Balaban J connectivity index is 1.88. The second-order valence-electron chi connectivity index (χ2n) is 7.08. The van der Waals surface area contributed by atoms with Gasteiger partial charge in [0.2, 0.25) is 5.91 Å². The lowest BCUT2D eigenvalue weighted by atomic mass is 9.96. The highest BCUT2D eigenvalue weighted by Crippen LogP contribution is 2.28. The lowest BCUT2D eigenvalue weighted by Gasteiger charge is -2.16. The van der Waals surface area contributed by atoms with E-state index in [1.54, 1.807) is 7.11 Å². The minimum atomic E-state index is -0.490. The molecule has 1 heterocycles. The van der Waals surface area contributed by atoms with Gasteiger partial charge in [-0.15, -0.1) is 11.3 Å². The number of carbonyl (C=O) groups is 2. The van der Waals surface area contributed by atoms with E-state index < -0.39 is 5.41 Å². The van der Waals surface area contributed by atoms with Crippen LogP contribution in [0.15, 0.2) is 30.3 Å². The number of thiophene rings is 1. The standard InChI is InChI=1S/C20H26N2O4S/c1-13-12-16(22-19(24)20(2,3)4)27-17(13)18(23)21-10-11-26-15-9-7-6-8-14(15)25-5/h6-9,12H,10-11H2,1-5H3,(H,21,23)(H,22,24). The number of rotatable bonds is 7. The van der Waals surface area contributed by atoms with Gasteiger partial charge in [0.15, 0.2) is 11.5 Å². The molecule has 6 nitrogen and oxygen atoms in total. The average Bonchev–Trinajstić information content (AvgIpc) is 2.98. The molecule has 2 N–H and O–H groups in total. The van der Waals surface area contributed by atoms with E-state index in [2.05, 4.69) is 10.6 Å². The highest BCUT2D eigenvalue weighted by molar-refractivity contribution is 7.18. The molecule has 0 aliphatic heterocycles. The highest BCUT2D eigenvalue weighted by atomic mass is 32.1. The van der Waals surface area contributed by atoms with E-state index in [0.29, 0.717) is 34.5 Å². The van der Waals surface area contributed by atoms with Gasteiger partial charge in [-0.2, -0.15) is 0 Å². The van der Waals surface area contributed by atoms with Crippen molar-refractivity contribution in [3.63, 3.8) is 0 Å². The quantitative estimate of drug-likeness (QED) is 0.704. The third kappa shape index (κ3) is 5.72. The van der Waals surface area contributed by atoms with E-state index in [1.807, 2.05) is 58.0 Å². The van der Waals surface area contributed by atoms with Crippen LogP contribution in [-0.4, -0.2) is 32.1 Å². The van der Waals surface area contributed by atoms with Crippen LogP contribution in [-0.2, 0) is 4.79 Å². The second kappa shape index (κ2) is 8.90. The van der Waals surface area contributed by atoms with Gasteiger partial charge in [0, 0.05) is 5.41 Å². The molecule has 7 heteroatoms. The summed E-state index contributed by atoms with van der Waals surface area (Å²) in [4.78, 5) is 25.1. The first-order valence-electron chi connectivity index (χ1n) is 8.68. The third-order valence-electron chi connectivity index (χ3n) is 3.76. The van der Waals surface area contributed by atoms with Gasteiger partial charge in [0.1, 0.15) is 6.61 Å². The fourth-order valence-corrected chi connectivity index (χ4v) is 3.20. The number of carbonyl (C=O) groups excluding carboxylic acids is 2. The van der Waals surface area contributed by atoms with Crippen molar-refractivity contribution in [1.29, 1.82) is 0 Å². The van der Waals surface area contributed by atoms with Crippen molar-refractivity contribution in [1.82, 2.24) is 5.32 Å². The Labute approximate surface area is 163 Å². The van der Waals surface area contributed by atoms with Gasteiger partial charge in [0.25, 0.3) is 5.91 Å². The number of amides is 2. The fourth-order valence-electron chi connectivity index (χ4n) is 2.21. The van der Waals surface area contributed by atoms with E-state index in [1.165, 1.54) is 11.3 Å². The van der Waals surface area contributed by atoms with Crippen LogP contribution in [0.3, 0.4) is 0 Å². The Morgan fingerprint density at radius 2 is 1.81 bits per heavy atom. The van der Waals surface area contributed by atoms with Gasteiger partial charge in [-0.25, -0.2) is 0 Å². The number of aryl methyl sites for hydroxylation is 1. The molecule has 0 bridgehead atoms. The van der Waals surface area contributed by atoms with Crippen molar-refractivity contribution >= 4 is 28.2 Å². The maximum atomic E-state index is 12.4. The topological polar surface area (TPSA) is 76.7 Å². The summed E-state index contributed by atoms with van der Waals surface area (Å²) in [6, 6.07) is 9.17. The summed E-state index contributed by atoms with van der Waals surface area (Å²) in [7, 11) is 1.58.